The number of hydrogen-bond acceptors (Lipinski definition) is 4. The Morgan fingerprint density at radius 3 is 2.30 bits per heavy atom. The fraction of sp³-hybridized carbons (Fsp3) is 0.296. The molecule has 4 amide bonds. The lowest BCUT2D eigenvalue weighted by Gasteiger charge is -2.32. The number of urea groups is 1. The molecule has 1 aromatic heterocycles. The highest BCUT2D eigenvalue weighted by Crippen LogP contribution is 2.37. The van der Waals surface area contributed by atoms with Gasteiger partial charge in [-0.1, -0.05) is 48.0 Å². The minimum absolute atomic E-state index is 0.0471. The number of piperazine rings is 1. The largest absolute Gasteiger partial charge is 0.365 e. The third-order valence-corrected chi connectivity index (χ3v) is 7.35. The van der Waals surface area contributed by atoms with Crippen LogP contribution in [-0.2, 0) is 13.1 Å². The molecule has 0 bridgehead atoms. The van der Waals surface area contributed by atoms with Gasteiger partial charge in [-0.05, 0) is 30.8 Å². The van der Waals surface area contributed by atoms with Gasteiger partial charge in [-0.2, -0.15) is 0 Å². The van der Waals surface area contributed by atoms with E-state index in [-0.39, 0.29) is 24.0 Å². The number of carbonyl (C=O) groups is 3. The van der Waals surface area contributed by atoms with Crippen LogP contribution in [0, 0.1) is 0 Å². The summed E-state index contributed by atoms with van der Waals surface area (Å²) in [5.41, 5.74) is 9.20. The molecule has 192 valence electrons. The molecule has 2 aliphatic heterocycles. The second-order valence-electron chi connectivity index (χ2n) is 9.39. The van der Waals surface area contributed by atoms with E-state index in [2.05, 4.69) is 10.2 Å². The molecule has 2 aromatic carbocycles. The number of anilines is 1. The van der Waals surface area contributed by atoms with Crippen molar-refractivity contribution in [2.24, 2.45) is 5.73 Å². The molecule has 0 aliphatic carbocycles. The van der Waals surface area contributed by atoms with E-state index >= 15 is 0 Å². The van der Waals surface area contributed by atoms with E-state index in [0.717, 1.165) is 24.3 Å². The number of carbonyl (C=O) groups excluding carboxylic acids is 3. The second kappa shape index (κ2) is 10.3. The number of primary amides is 1. The van der Waals surface area contributed by atoms with Crippen molar-refractivity contribution in [1.29, 1.82) is 0 Å². The van der Waals surface area contributed by atoms with Crippen molar-refractivity contribution in [3.63, 3.8) is 0 Å². The number of nitrogens with zero attached hydrogens (tertiary/aromatic N) is 4. The monoisotopic (exact) mass is 520 g/mol. The van der Waals surface area contributed by atoms with Gasteiger partial charge in [-0.15, -0.1) is 0 Å². The van der Waals surface area contributed by atoms with Crippen LogP contribution >= 0.6 is 11.6 Å². The molecule has 2 aliphatic rings. The molecule has 3 aromatic rings. The predicted molar refractivity (Wildman–Crippen MR) is 143 cm³/mol. The van der Waals surface area contributed by atoms with E-state index in [4.69, 9.17) is 17.3 Å². The van der Waals surface area contributed by atoms with Crippen LogP contribution in [-0.4, -0.2) is 76.9 Å². The average molecular weight is 521 g/mol. The van der Waals surface area contributed by atoms with Crippen LogP contribution < -0.4 is 11.1 Å². The third-order valence-electron chi connectivity index (χ3n) is 6.98. The van der Waals surface area contributed by atoms with Crippen molar-refractivity contribution in [3.05, 3.63) is 76.4 Å². The number of nitrogens with two attached hydrogens (primary N) is 1. The van der Waals surface area contributed by atoms with Gasteiger partial charge in [-0.3, -0.25) is 9.59 Å². The summed E-state index contributed by atoms with van der Waals surface area (Å²) < 4.78 is 1.97. The van der Waals surface area contributed by atoms with Crippen molar-refractivity contribution in [2.75, 3.05) is 45.1 Å². The van der Waals surface area contributed by atoms with Crippen molar-refractivity contribution >= 4 is 35.1 Å². The maximum absolute atomic E-state index is 13.2. The average Bonchev–Trinajstić information content (AvgIpc) is 3.20. The quantitative estimate of drug-likeness (QED) is 0.550. The molecule has 3 heterocycles. The van der Waals surface area contributed by atoms with E-state index in [1.807, 2.05) is 46.8 Å². The maximum atomic E-state index is 13.2. The van der Waals surface area contributed by atoms with Crippen molar-refractivity contribution < 1.29 is 14.4 Å². The van der Waals surface area contributed by atoms with Crippen LogP contribution in [0.2, 0.25) is 5.02 Å². The molecule has 0 radical (unpaired) electrons. The lowest BCUT2D eigenvalue weighted by atomic mass is 10.1. The van der Waals surface area contributed by atoms with Crippen LogP contribution in [0.5, 0.6) is 0 Å². The summed E-state index contributed by atoms with van der Waals surface area (Å²) in [5, 5.41) is 3.20. The lowest BCUT2D eigenvalue weighted by Crippen LogP contribution is -2.47. The van der Waals surface area contributed by atoms with Gasteiger partial charge in [0.05, 0.1) is 28.5 Å². The number of fused-ring (bicyclic) bond motifs is 1. The standard InChI is InChI=1S/C27H29ClN6O3/c1-31-10-12-32(13-11-31)26(36)19-8-5-9-20(16-19)30-27(37)33-14-15-34-21(17-33)22(25(29)35)23(28)24(34)18-6-3-2-4-7-18/h2-9,16H,10-15,17H2,1H3,(H2,29,35)(H,30,37). The van der Waals surface area contributed by atoms with Gasteiger partial charge < -0.3 is 30.3 Å². The number of likely N-dealkylation sites (N-methyl/N-ethyl adjacent to an activating group) is 1. The van der Waals surface area contributed by atoms with Crippen LogP contribution in [0.15, 0.2) is 54.6 Å². The Morgan fingerprint density at radius 2 is 1.59 bits per heavy atom. The van der Waals surface area contributed by atoms with Gasteiger partial charge in [0.25, 0.3) is 11.8 Å². The van der Waals surface area contributed by atoms with Gasteiger partial charge in [0.1, 0.15) is 0 Å². The maximum Gasteiger partial charge on any atom is 0.322 e. The number of amides is 4. The summed E-state index contributed by atoms with van der Waals surface area (Å²) in [7, 11) is 2.04. The van der Waals surface area contributed by atoms with E-state index in [1.165, 1.54) is 0 Å². The Balaban J connectivity index is 1.34. The zero-order valence-corrected chi connectivity index (χ0v) is 21.4. The summed E-state index contributed by atoms with van der Waals surface area (Å²) in [4.78, 5) is 44.1. The Morgan fingerprint density at radius 1 is 0.892 bits per heavy atom. The molecule has 9 nitrogen and oxygen atoms in total. The van der Waals surface area contributed by atoms with Gasteiger partial charge in [0.15, 0.2) is 0 Å². The number of nitrogens with one attached hydrogen (secondary N) is 1. The SMILES string of the molecule is CN1CCN(C(=O)c2cccc(NC(=O)N3CCn4c(c(C(N)=O)c(Cl)c4-c4ccccc4)C3)c2)CC1. The summed E-state index contributed by atoms with van der Waals surface area (Å²) in [6.07, 6.45) is 0. The number of benzene rings is 2. The minimum atomic E-state index is -0.631. The van der Waals surface area contributed by atoms with E-state index in [9.17, 15) is 14.4 Å². The van der Waals surface area contributed by atoms with Gasteiger partial charge in [0.2, 0.25) is 0 Å². The van der Waals surface area contributed by atoms with Gasteiger partial charge in [0, 0.05) is 50.5 Å². The number of halogens is 1. The molecule has 10 heteroatoms. The number of rotatable bonds is 4. The van der Waals surface area contributed by atoms with Crippen LogP contribution in [0.3, 0.4) is 0 Å². The Bertz CT molecular complexity index is 1350. The molecule has 0 unspecified atom stereocenters. The normalized spacial score (nSPS) is 15.8. The molecule has 0 saturated carbocycles. The lowest BCUT2D eigenvalue weighted by molar-refractivity contribution is 0.0664. The minimum Gasteiger partial charge on any atom is -0.365 e. The first-order chi connectivity index (χ1) is 17.8. The van der Waals surface area contributed by atoms with E-state index in [0.29, 0.717) is 48.1 Å². The molecule has 1 saturated heterocycles. The predicted octanol–water partition coefficient (Wildman–Crippen LogP) is 3.34. The molecule has 0 atom stereocenters. The number of hydrogen-bond donors (Lipinski definition) is 2. The van der Waals surface area contributed by atoms with Crippen LogP contribution in [0.4, 0.5) is 10.5 Å². The fourth-order valence-corrected chi connectivity index (χ4v) is 5.37. The summed E-state index contributed by atoms with van der Waals surface area (Å²) in [6, 6.07) is 16.2. The highest BCUT2D eigenvalue weighted by molar-refractivity contribution is 6.36. The van der Waals surface area contributed by atoms with Crippen molar-refractivity contribution in [2.45, 2.75) is 13.1 Å². The van der Waals surface area contributed by atoms with Gasteiger partial charge in [-0.25, -0.2) is 4.79 Å². The highest BCUT2D eigenvalue weighted by atomic mass is 35.5. The van der Waals surface area contributed by atoms with Crippen LogP contribution in [0.25, 0.3) is 11.3 Å². The summed E-state index contributed by atoms with van der Waals surface area (Å²) in [6.45, 7) is 4.08. The molecule has 5 rings (SSSR count). The zero-order valence-electron chi connectivity index (χ0n) is 20.6. The summed E-state index contributed by atoms with van der Waals surface area (Å²) in [5.74, 6) is -0.678. The molecule has 37 heavy (non-hydrogen) atoms. The Labute approximate surface area is 220 Å². The second-order valence-corrected chi connectivity index (χ2v) is 9.77. The molecule has 3 N–H and O–H groups in total. The first kappa shape index (κ1) is 24.9. The Kier molecular flexibility index (Phi) is 6.90. The smallest absolute Gasteiger partial charge is 0.322 e. The molecular formula is C27H29ClN6O3. The first-order valence-electron chi connectivity index (χ1n) is 12.2. The number of aromatic nitrogens is 1. The van der Waals surface area contributed by atoms with E-state index in [1.54, 1.807) is 29.2 Å². The summed E-state index contributed by atoms with van der Waals surface area (Å²) >= 11 is 6.65. The first-order valence-corrected chi connectivity index (χ1v) is 12.6. The van der Waals surface area contributed by atoms with Crippen LogP contribution in [0.1, 0.15) is 26.4 Å². The third kappa shape index (κ3) is 4.92. The topological polar surface area (TPSA) is 104 Å². The van der Waals surface area contributed by atoms with Gasteiger partial charge >= 0.3 is 6.03 Å². The van der Waals surface area contributed by atoms with Crippen molar-refractivity contribution in [3.8, 4) is 11.3 Å². The van der Waals surface area contributed by atoms with Crippen molar-refractivity contribution in [1.82, 2.24) is 19.3 Å². The van der Waals surface area contributed by atoms with E-state index < -0.39 is 5.91 Å². The fourth-order valence-electron chi connectivity index (χ4n) is 4.95. The molecule has 0 spiro atoms. The molecular weight excluding hydrogens is 492 g/mol. The molecule has 1 fully saturated rings. The highest BCUT2D eigenvalue weighted by Gasteiger charge is 2.31. The Hall–Kier alpha value is -3.82. The zero-order chi connectivity index (χ0) is 26.1.